The Morgan fingerprint density at radius 2 is 1.96 bits per heavy atom. The van der Waals surface area contributed by atoms with E-state index in [4.69, 9.17) is 17.0 Å². The second-order valence-corrected chi connectivity index (χ2v) is 6.78. The third kappa shape index (κ3) is 7.24. The SMILES string of the molecule is CCc1nnc(NC(=S)NC(=O)CCC(=O)OCCc2ccccc2)s1. The molecule has 0 saturated heterocycles. The molecule has 0 spiro atoms. The van der Waals surface area contributed by atoms with Crippen molar-refractivity contribution in [3.63, 3.8) is 0 Å². The first-order valence-electron chi connectivity index (χ1n) is 8.19. The van der Waals surface area contributed by atoms with Crippen LogP contribution in [0.15, 0.2) is 30.3 Å². The van der Waals surface area contributed by atoms with Gasteiger partial charge < -0.3 is 15.4 Å². The van der Waals surface area contributed by atoms with Crippen molar-refractivity contribution in [3.8, 4) is 0 Å². The molecule has 0 aliphatic heterocycles. The maximum absolute atomic E-state index is 11.8. The largest absolute Gasteiger partial charge is 0.465 e. The molecule has 7 nitrogen and oxygen atoms in total. The number of rotatable bonds is 8. The second-order valence-electron chi connectivity index (χ2n) is 5.31. The summed E-state index contributed by atoms with van der Waals surface area (Å²) >= 11 is 6.41. The summed E-state index contributed by atoms with van der Waals surface area (Å²) in [7, 11) is 0. The average molecular weight is 393 g/mol. The van der Waals surface area contributed by atoms with Gasteiger partial charge in [-0.3, -0.25) is 9.59 Å². The molecule has 0 fully saturated rings. The molecular weight excluding hydrogens is 372 g/mol. The van der Waals surface area contributed by atoms with Gasteiger partial charge in [-0.1, -0.05) is 48.6 Å². The Kier molecular flexibility index (Phi) is 8.10. The van der Waals surface area contributed by atoms with Crippen LogP contribution in [-0.4, -0.2) is 33.8 Å². The lowest BCUT2D eigenvalue weighted by Crippen LogP contribution is -2.34. The zero-order valence-electron chi connectivity index (χ0n) is 14.4. The Morgan fingerprint density at radius 3 is 2.65 bits per heavy atom. The highest BCUT2D eigenvalue weighted by Gasteiger charge is 2.11. The fraction of sp³-hybridized carbons (Fsp3) is 0.353. The number of esters is 1. The van der Waals surface area contributed by atoms with Crippen LogP contribution in [0.1, 0.15) is 30.3 Å². The Bertz CT molecular complexity index is 749. The monoisotopic (exact) mass is 392 g/mol. The lowest BCUT2D eigenvalue weighted by atomic mass is 10.2. The number of ether oxygens (including phenoxy) is 1. The molecule has 1 amide bonds. The summed E-state index contributed by atoms with van der Waals surface area (Å²) in [6, 6.07) is 9.74. The number of carbonyl (C=O) groups is 2. The van der Waals surface area contributed by atoms with Crippen molar-refractivity contribution in [2.24, 2.45) is 0 Å². The highest BCUT2D eigenvalue weighted by Crippen LogP contribution is 2.15. The van der Waals surface area contributed by atoms with Crippen LogP contribution in [0.4, 0.5) is 5.13 Å². The van der Waals surface area contributed by atoms with Crippen molar-refractivity contribution in [2.45, 2.75) is 32.6 Å². The molecule has 1 aromatic carbocycles. The van der Waals surface area contributed by atoms with Crippen molar-refractivity contribution in [2.75, 3.05) is 11.9 Å². The fourth-order valence-corrected chi connectivity index (χ4v) is 2.94. The van der Waals surface area contributed by atoms with Gasteiger partial charge in [-0.05, 0) is 24.2 Å². The van der Waals surface area contributed by atoms with Gasteiger partial charge in [0.15, 0.2) is 5.11 Å². The molecular formula is C17H20N4O3S2. The van der Waals surface area contributed by atoms with Crippen molar-refractivity contribution >= 4 is 45.7 Å². The summed E-state index contributed by atoms with van der Waals surface area (Å²) in [5.74, 6) is -0.769. The second kappa shape index (κ2) is 10.6. The molecule has 2 rings (SSSR count). The number of aryl methyl sites for hydroxylation is 1. The maximum Gasteiger partial charge on any atom is 0.306 e. The van der Waals surface area contributed by atoms with Gasteiger partial charge >= 0.3 is 5.97 Å². The number of nitrogens with one attached hydrogen (secondary N) is 2. The predicted molar refractivity (Wildman–Crippen MR) is 104 cm³/mol. The number of nitrogens with zero attached hydrogens (tertiary/aromatic N) is 2. The maximum atomic E-state index is 11.8. The molecule has 138 valence electrons. The number of anilines is 1. The molecule has 2 N–H and O–H groups in total. The van der Waals surface area contributed by atoms with Gasteiger partial charge in [0.25, 0.3) is 0 Å². The molecule has 0 aliphatic rings. The van der Waals surface area contributed by atoms with Crippen LogP contribution >= 0.6 is 23.6 Å². The Labute approximate surface area is 161 Å². The minimum Gasteiger partial charge on any atom is -0.465 e. The van der Waals surface area contributed by atoms with Gasteiger partial charge in [0, 0.05) is 12.8 Å². The van der Waals surface area contributed by atoms with Crippen LogP contribution in [0, 0.1) is 0 Å². The third-order valence-electron chi connectivity index (χ3n) is 3.30. The molecule has 0 unspecified atom stereocenters. The molecule has 9 heteroatoms. The zero-order valence-corrected chi connectivity index (χ0v) is 16.0. The number of thiocarbonyl (C=S) groups is 1. The number of benzene rings is 1. The van der Waals surface area contributed by atoms with Gasteiger partial charge in [-0.25, -0.2) is 0 Å². The first kappa shape index (κ1) is 19.9. The molecule has 0 radical (unpaired) electrons. The van der Waals surface area contributed by atoms with Crippen LogP contribution in [0.2, 0.25) is 0 Å². The molecule has 0 saturated carbocycles. The van der Waals surface area contributed by atoms with Crippen molar-refractivity contribution in [1.29, 1.82) is 0 Å². The van der Waals surface area contributed by atoms with Crippen LogP contribution in [0.5, 0.6) is 0 Å². The van der Waals surface area contributed by atoms with E-state index >= 15 is 0 Å². The van der Waals surface area contributed by atoms with Crippen molar-refractivity contribution < 1.29 is 14.3 Å². The van der Waals surface area contributed by atoms with Gasteiger partial charge in [0.1, 0.15) is 5.01 Å². The van der Waals surface area contributed by atoms with E-state index in [1.165, 1.54) is 11.3 Å². The molecule has 26 heavy (non-hydrogen) atoms. The molecule has 1 heterocycles. The standard InChI is InChI=1S/C17H20N4O3S2/c1-2-14-20-21-17(26-14)19-16(25)18-13(22)8-9-15(23)24-11-10-12-6-4-3-5-7-12/h3-7H,2,8-11H2,1H3,(H2,18,19,21,22,25). The summed E-state index contributed by atoms with van der Waals surface area (Å²) in [5, 5.41) is 14.7. The van der Waals surface area contributed by atoms with E-state index in [9.17, 15) is 9.59 Å². The van der Waals surface area contributed by atoms with E-state index in [1.807, 2.05) is 37.3 Å². The number of aromatic nitrogens is 2. The number of carbonyl (C=O) groups excluding carboxylic acids is 2. The van der Waals surface area contributed by atoms with Crippen molar-refractivity contribution in [3.05, 3.63) is 40.9 Å². The van der Waals surface area contributed by atoms with Crippen LogP contribution in [0.3, 0.4) is 0 Å². The van der Waals surface area contributed by atoms with Crippen LogP contribution in [0.25, 0.3) is 0 Å². The normalized spacial score (nSPS) is 10.2. The molecule has 0 aliphatic carbocycles. The lowest BCUT2D eigenvalue weighted by Gasteiger charge is -2.07. The van der Waals surface area contributed by atoms with Gasteiger partial charge in [0.05, 0.1) is 13.0 Å². The molecule has 0 bridgehead atoms. The first-order valence-corrected chi connectivity index (χ1v) is 9.42. The molecule has 1 aromatic heterocycles. The smallest absolute Gasteiger partial charge is 0.306 e. The summed E-state index contributed by atoms with van der Waals surface area (Å²) in [5.41, 5.74) is 1.09. The Hall–Kier alpha value is -2.39. The fourth-order valence-electron chi connectivity index (χ4n) is 1.98. The summed E-state index contributed by atoms with van der Waals surface area (Å²) in [6.07, 6.45) is 1.43. The summed E-state index contributed by atoms with van der Waals surface area (Å²) in [6.45, 7) is 2.27. The van der Waals surface area contributed by atoms with Crippen LogP contribution < -0.4 is 10.6 Å². The van der Waals surface area contributed by atoms with Gasteiger partial charge in [-0.2, -0.15) is 0 Å². The van der Waals surface area contributed by atoms with Crippen molar-refractivity contribution in [1.82, 2.24) is 15.5 Å². The Morgan fingerprint density at radius 1 is 1.19 bits per heavy atom. The molecule has 2 aromatic rings. The highest BCUT2D eigenvalue weighted by molar-refractivity contribution is 7.80. The minimum absolute atomic E-state index is 0.00201. The van der Waals surface area contributed by atoms with Crippen LogP contribution in [-0.2, 0) is 27.2 Å². The summed E-state index contributed by atoms with van der Waals surface area (Å²) in [4.78, 5) is 23.5. The van der Waals surface area contributed by atoms with E-state index in [0.717, 1.165) is 17.0 Å². The quantitative estimate of drug-likeness (QED) is 0.526. The lowest BCUT2D eigenvalue weighted by molar-refractivity contribution is -0.144. The number of hydrogen-bond donors (Lipinski definition) is 2. The average Bonchev–Trinajstić information content (AvgIpc) is 3.08. The van der Waals surface area contributed by atoms with E-state index in [0.29, 0.717) is 18.2 Å². The third-order valence-corrected chi connectivity index (χ3v) is 4.48. The Balaban J connectivity index is 1.61. The predicted octanol–water partition coefficient (Wildman–Crippen LogP) is 2.48. The van der Waals surface area contributed by atoms with E-state index in [2.05, 4.69) is 20.8 Å². The van der Waals surface area contributed by atoms with E-state index in [1.54, 1.807) is 0 Å². The topological polar surface area (TPSA) is 93.2 Å². The highest BCUT2D eigenvalue weighted by atomic mass is 32.1. The number of amides is 1. The van der Waals surface area contributed by atoms with E-state index < -0.39 is 5.97 Å². The summed E-state index contributed by atoms with van der Waals surface area (Å²) < 4.78 is 5.13. The zero-order chi connectivity index (χ0) is 18.8. The minimum atomic E-state index is -0.410. The van der Waals surface area contributed by atoms with E-state index in [-0.39, 0.29) is 23.9 Å². The van der Waals surface area contributed by atoms with Gasteiger partial charge in [-0.15, -0.1) is 10.2 Å². The molecule has 0 atom stereocenters. The number of hydrogen-bond acceptors (Lipinski definition) is 7. The first-order chi connectivity index (χ1) is 12.6. The van der Waals surface area contributed by atoms with Gasteiger partial charge in [0.2, 0.25) is 11.0 Å².